The van der Waals surface area contributed by atoms with E-state index in [0.29, 0.717) is 0 Å². The smallest absolute Gasteiger partial charge is 0.154 e. The van der Waals surface area contributed by atoms with E-state index in [2.05, 4.69) is 135 Å². The molecule has 40 heavy (non-hydrogen) atoms. The maximum atomic E-state index is 6.87. The highest BCUT2D eigenvalue weighted by atomic mass is 127. The van der Waals surface area contributed by atoms with E-state index in [0.717, 1.165) is 61.4 Å². The molecule has 0 aromatic heterocycles. The van der Waals surface area contributed by atoms with Crippen molar-refractivity contribution in [3.05, 3.63) is 45.1 Å². The van der Waals surface area contributed by atoms with Crippen molar-refractivity contribution >= 4 is 67.8 Å². The lowest BCUT2D eigenvalue weighted by Crippen LogP contribution is -2.37. The zero-order valence-electron chi connectivity index (χ0n) is 26.1. The normalized spacial score (nSPS) is 18.4. The van der Waals surface area contributed by atoms with Gasteiger partial charge in [0.1, 0.15) is 17.1 Å². The highest BCUT2D eigenvalue weighted by Gasteiger charge is 2.34. The fraction of sp³-hybridized carbons (Fsp3) is 0.657. The summed E-state index contributed by atoms with van der Waals surface area (Å²) in [6.07, 6.45) is 14.2. The molecule has 0 N–H and O–H groups in total. The average Bonchev–Trinajstić information content (AvgIpc) is 2.86. The Hall–Kier alpha value is 0.230. The minimum Gasteiger partial charge on any atom is -0.487 e. The van der Waals surface area contributed by atoms with Crippen LogP contribution in [0.5, 0.6) is 17.2 Å². The molecule has 0 saturated heterocycles. The molecule has 0 aliphatic carbocycles. The Morgan fingerprint density at radius 1 is 0.775 bits per heavy atom. The van der Waals surface area contributed by atoms with E-state index in [-0.39, 0.29) is 5.60 Å². The minimum atomic E-state index is -0.0788. The van der Waals surface area contributed by atoms with E-state index >= 15 is 0 Å². The lowest BCUT2D eigenvalue weighted by atomic mass is 9.83. The second-order valence-electron chi connectivity index (χ2n) is 13.2. The van der Waals surface area contributed by atoms with Gasteiger partial charge in [-0.25, -0.2) is 0 Å². The summed E-state index contributed by atoms with van der Waals surface area (Å²) in [5.74, 6) is 5.61. The monoisotopic (exact) mass is 884 g/mol. The first-order valence-corrected chi connectivity index (χ1v) is 18.7. The van der Waals surface area contributed by atoms with E-state index in [1.54, 1.807) is 0 Å². The molecule has 224 valence electrons. The highest BCUT2D eigenvalue weighted by molar-refractivity contribution is 14.1. The van der Waals surface area contributed by atoms with Crippen LogP contribution in [0.15, 0.2) is 12.1 Å². The predicted molar refractivity (Wildman–Crippen MR) is 197 cm³/mol. The van der Waals surface area contributed by atoms with Crippen LogP contribution in [0.25, 0.3) is 0 Å². The van der Waals surface area contributed by atoms with E-state index in [1.165, 1.54) is 77.2 Å². The molecule has 3 rings (SSSR count). The Labute approximate surface area is 286 Å². The van der Waals surface area contributed by atoms with Crippen LogP contribution in [0.3, 0.4) is 0 Å². The van der Waals surface area contributed by atoms with Crippen molar-refractivity contribution < 1.29 is 9.47 Å². The molecule has 3 unspecified atom stereocenters. The summed E-state index contributed by atoms with van der Waals surface area (Å²) in [7, 11) is 0. The number of halogens is 3. The van der Waals surface area contributed by atoms with E-state index < -0.39 is 0 Å². The molecule has 0 bridgehead atoms. The fourth-order valence-corrected chi connectivity index (χ4v) is 9.94. The van der Waals surface area contributed by atoms with Gasteiger partial charge in [0.2, 0.25) is 0 Å². The Morgan fingerprint density at radius 3 is 1.90 bits per heavy atom. The van der Waals surface area contributed by atoms with Crippen LogP contribution in [0.1, 0.15) is 121 Å². The number of benzene rings is 2. The third kappa shape index (κ3) is 9.62. The number of hydrogen-bond donors (Lipinski definition) is 0. The second kappa shape index (κ2) is 15.8. The van der Waals surface area contributed by atoms with Crippen LogP contribution < -0.4 is 9.47 Å². The molecule has 2 aromatic carbocycles. The largest absolute Gasteiger partial charge is 0.487 e. The first-order valence-electron chi connectivity index (χ1n) is 15.4. The summed E-state index contributed by atoms with van der Waals surface area (Å²) in [6.45, 7) is 18.5. The lowest BCUT2D eigenvalue weighted by Gasteiger charge is -2.38. The zero-order chi connectivity index (χ0) is 29.6. The molecule has 2 nitrogen and oxygen atoms in total. The van der Waals surface area contributed by atoms with Crippen molar-refractivity contribution in [3.8, 4) is 17.2 Å². The molecular formula is C35H51I3O2. The average molecular weight is 885 g/mol. The van der Waals surface area contributed by atoms with E-state index in [9.17, 15) is 0 Å². The fourth-order valence-electron chi connectivity index (χ4n) is 6.14. The van der Waals surface area contributed by atoms with Crippen LogP contribution in [-0.2, 0) is 6.42 Å². The molecule has 1 aliphatic rings. The van der Waals surface area contributed by atoms with Crippen molar-refractivity contribution in [2.24, 2.45) is 17.8 Å². The van der Waals surface area contributed by atoms with E-state index in [4.69, 9.17) is 9.47 Å². The molecule has 0 radical (unpaired) electrons. The predicted octanol–water partition coefficient (Wildman–Crippen LogP) is 12.7. The molecule has 0 fully saturated rings. The van der Waals surface area contributed by atoms with Crippen molar-refractivity contribution in [3.63, 3.8) is 0 Å². The van der Waals surface area contributed by atoms with Gasteiger partial charge in [0.25, 0.3) is 0 Å². The van der Waals surface area contributed by atoms with Gasteiger partial charge in [0.15, 0.2) is 5.75 Å². The Morgan fingerprint density at radius 2 is 1.32 bits per heavy atom. The van der Waals surface area contributed by atoms with E-state index in [1.807, 2.05) is 0 Å². The third-order valence-electron chi connectivity index (χ3n) is 9.01. The quantitative estimate of drug-likeness (QED) is 0.176. The molecule has 2 aromatic rings. The molecular weight excluding hydrogens is 833 g/mol. The van der Waals surface area contributed by atoms with Gasteiger partial charge in [-0.15, -0.1) is 0 Å². The van der Waals surface area contributed by atoms with Crippen molar-refractivity contribution in [1.82, 2.24) is 0 Å². The van der Waals surface area contributed by atoms with Gasteiger partial charge in [-0.3, -0.25) is 0 Å². The van der Waals surface area contributed by atoms with Crippen LogP contribution in [0.4, 0.5) is 0 Å². The molecule has 0 spiro atoms. The van der Waals surface area contributed by atoms with Gasteiger partial charge in [0, 0.05) is 9.13 Å². The number of ether oxygens (including phenoxy) is 2. The summed E-state index contributed by atoms with van der Waals surface area (Å²) in [5, 5.41) is 0. The summed E-state index contributed by atoms with van der Waals surface area (Å²) in [4.78, 5) is 0. The lowest BCUT2D eigenvalue weighted by molar-refractivity contribution is 0.0512. The maximum absolute atomic E-state index is 6.87. The summed E-state index contributed by atoms with van der Waals surface area (Å²) >= 11 is 7.16. The molecule has 1 heterocycles. The van der Waals surface area contributed by atoms with Gasteiger partial charge in [-0.1, -0.05) is 72.6 Å². The third-order valence-corrected chi connectivity index (χ3v) is 11.2. The zero-order valence-corrected chi connectivity index (χ0v) is 32.6. The number of fused-ring (bicyclic) bond motifs is 1. The molecule has 0 amide bonds. The van der Waals surface area contributed by atoms with Crippen LogP contribution >= 0.6 is 67.8 Å². The van der Waals surface area contributed by atoms with Gasteiger partial charge >= 0.3 is 0 Å². The minimum absolute atomic E-state index is 0.0788. The van der Waals surface area contributed by atoms with Crippen LogP contribution in [0.2, 0.25) is 0 Å². The maximum Gasteiger partial charge on any atom is 0.154 e. The summed E-state index contributed by atoms with van der Waals surface area (Å²) in [5.41, 5.74) is 4.91. The Bertz CT molecular complexity index is 1120. The number of rotatable bonds is 14. The standard InChI is InChI=1S/C35H51I3O2/c1-22(2)12-9-13-23(3)14-10-15-24(4)16-11-18-35(8)19-17-29-27(7)32(25(5)26(6)33(29)40-35)39-34-30(37)20-28(36)21-31(34)38/h20-24H,9-19H2,1-8H3. The van der Waals surface area contributed by atoms with Crippen LogP contribution in [-0.4, -0.2) is 5.60 Å². The second-order valence-corrected chi connectivity index (χ2v) is 16.8. The Kier molecular flexibility index (Phi) is 13.7. The van der Waals surface area contributed by atoms with Crippen molar-refractivity contribution in [1.29, 1.82) is 0 Å². The molecule has 5 heteroatoms. The van der Waals surface area contributed by atoms with Gasteiger partial charge in [-0.05, 0) is 168 Å². The SMILES string of the molecule is Cc1c(C)c2c(c(C)c1Oc1c(I)cc(I)cc1I)CCC(C)(CCCC(C)CCCC(C)CCCC(C)C)O2. The van der Waals surface area contributed by atoms with Gasteiger partial charge in [-0.2, -0.15) is 0 Å². The van der Waals surface area contributed by atoms with Gasteiger partial charge < -0.3 is 9.47 Å². The molecule has 3 atom stereocenters. The first kappa shape index (κ1) is 34.7. The first-order chi connectivity index (χ1) is 18.8. The summed E-state index contributed by atoms with van der Waals surface area (Å²) < 4.78 is 17.1. The Balaban J connectivity index is 1.56. The van der Waals surface area contributed by atoms with Crippen LogP contribution in [0, 0.1) is 49.2 Å². The van der Waals surface area contributed by atoms with Gasteiger partial charge in [0.05, 0.1) is 7.14 Å². The highest BCUT2D eigenvalue weighted by Crippen LogP contribution is 2.47. The molecule has 1 aliphatic heterocycles. The number of hydrogen-bond acceptors (Lipinski definition) is 2. The molecule has 0 saturated carbocycles. The van der Waals surface area contributed by atoms with Crippen molar-refractivity contribution in [2.45, 2.75) is 132 Å². The van der Waals surface area contributed by atoms with Crippen molar-refractivity contribution in [2.75, 3.05) is 0 Å². The topological polar surface area (TPSA) is 18.5 Å². The summed E-state index contributed by atoms with van der Waals surface area (Å²) in [6, 6.07) is 4.36.